The van der Waals surface area contributed by atoms with Gasteiger partial charge in [-0.05, 0) is 26.0 Å². The molecule has 0 unspecified atom stereocenters. The highest BCUT2D eigenvalue weighted by Gasteiger charge is 2.20. The van der Waals surface area contributed by atoms with E-state index in [0.29, 0.717) is 5.75 Å². The molecule has 2 rings (SSSR count). The van der Waals surface area contributed by atoms with E-state index in [0.717, 1.165) is 10.9 Å². The van der Waals surface area contributed by atoms with Crippen LogP contribution in [0.1, 0.15) is 33.1 Å². The quantitative estimate of drug-likeness (QED) is 0.652. The molecule has 0 bridgehead atoms. The van der Waals surface area contributed by atoms with E-state index >= 15 is 0 Å². The van der Waals surface area contributed by atoms with E-state index in [1.165, 1.54) is 13.8 Å². The van der Waals surface area contributed by atoms with Crippen LogP contribution in [0.5, 0.6) is 5.75 Å². The number of rotatable bonds is 9. The van der Waals surface area contributed by atoms with Gasteiger partial charge in [-0.1, -0.05) is 12.1 Å². The van der Waals surface area contributed by atoms with Gasteiger partial charge in [-0.2, -0.15) is 0 Å². The lowest BCUT2D eigenvalue weighted by Crippen LogP contribution is -2.41. The molecule has 8 heteroatoms. The first-order chi connectivity index (χ1) is 12.9. The fourth-order valence-corrected chi connectivity index (χ4v) is 2.30. The third-order valence-electron chi connectivity index (χ3n) is 3.82. The molecular weight excluding hydrogens is 352 g/mol. The molecule has 27 heavy (non-hydrogen) atoms. The molecule has 1 aromatic heterocycles. The number of nitrogens with one attached hydrogen (secondary N) is 2. The van der Waals surface area contributed by atoms with Crippen molar-refractivity contribution in [3.8, 4) is 5.75 Å². The van der Waals surface area contributed by atoms with Gasteiger partial charge < -0.3 is 24.6 Å². The number of para-hydroxylation sites is 1. The summed E-state index contributed by atoms with van der Waals surface area (Å²) in [5.41, 5.74) is 0.828. The number of fused-ring (bicyclic) bond motifs is 1. The fourth-order valence-electron chi connectivity index (χ4n) is 2.30. The summed E-state index contributed by atoms with van der Waals surface area (Å²) in [5.74, 6) is -0.503. The predicted molar refractivity (Wildman–Crippen MR) is 97.4 cm³/mol. The largest absolute Gasteiger partial charge is 0.449 e. The van der Waals surface area contributed by atoms with Crippen LogP contribution in [-0.4, -0.2) is 41.3 Å². The summed E-state index contributed by atoms with van der Waals surface area (Å²) >= 11 is 0. The Hall–Kier alpha value is -3.16. The first-order valence-corrected chi connectivity index (χ1v) is 8.59. The number of alkyl carbamates (subject to hydrolysis) is 1. The van der Waals surface area contributed by atoms with Crippen molar-refractivity contribution in [2.75, 3.05) is 6.61 Å². The molecular formula is C19H22N2O6. The molecule has 0 aliphatic carbocycles. The van der Waals surface area contributed by atoms with Crippen molar-refractivity contribution >= 4 is 34.5 Å². The van der Waals surface area contributed by atoms with Crippen molar-refractivity contribution in [3.05, 3.63) is 30.5 Å². The number of benzene rings is 1. The van der Waals surface area contributed by atoms with Gasteiger partial charge in [-0.3, -0.25) is 4.79 Å². The number of esters is 1. The number of ether oxygens (including phenoxy) is 2. The summed E-state index contributed by atoms with van der Waals surface area (Å²) in [7, 11) is 0. The highest BCUT2D eigenvalue weighted by atomic mass is 16.6. The first kappa shape index (κ1) is 20.2. The Bertz CT molecular complexity index is 842. The number of hydrogen-bond donors (Lipinski definition) is 2. The number of amides is 1. The maximum absolute atomic E-state index is 12.1. The molecule has 0 spiro atoms. The Kier molecular flexibility index (Phi) is 7.10. The maximum atomic E-state index is 12.1. The SMILES string of the molecule is CC(=O)CCC(=O)CCOC(=O)N[C@@H](C)C(=O)Oc1c[nH]c2ccccc12. The van der Waals surface area contributed by atoms with Crippen molar-refractivity contribution in [2.24, 2.45) is 0 Å². The molecule has 144 valence electrons. The van der Waals surface area contributed by atoms with Crippen LogP contribution < -0.4 is 10.1 Å². The Morgan fingerprint density at radius 3 is 2.59 bits per heavy atom. The molecule has 2 N–H and O–H groups in total. The summed E-state index contributed by atoms with van der Waals surface area (Å²) in [6.45, 7) is 2.76. The molecule has 0 aliphatic rings. The fraction of sp³-hybridized carbons (Fsp3) is 0.368. The monoisotopic (exact) mass is 374 g/mol. The van der Waals surface area contributed by atoms with Crippen LogP contribution >= 0.6 is 0 Å². The van der Waals surface area contributed by atoms with E-state index in [1.54, 1.807) is 6.20 Å². The van der Waals surface area contributed by atoms with Crippen LogP contribution in [0.25, 0.3) is 10.9 Å². The normalized spacial score (nSPS) is 11.6. The molecule has 1 amide bonds. The zero-order valence-electron chi connectivity index (χ0n) is 15.2. The molecule has 8 nitrogen and oxygen atoms in total. The molecule has 1 atom stereocenters. The van der Waals surface area contributed by atoms with Gasteiger partial charge in [-0.25, -0.2) is 9.59 Å². The van der Waals surface area contributed by atoms with Gasteiger partial charge >= 0.3 is 12.1 Å². The molecule has 0 aliphatic heterocycles. The second-order valence-electron chi connectivity index (χ2n) is 6.11. The second kappa shape index (κ2) is 9.51. The zero-order chi connectivity index (χ0) is 19.8. The summed E-state index contributed by atoms with van der Waals surface area (Å²) in [4.78, 5) is 49.1. The molecule has 0 saturated heterocycles. The standard InChI is InChI=1S/C19H22N2O6/c1-12(22)7-8-14(23)9-10-26-19(25)21-13(2)18(24)27-17-11-20-16-6-4-3-5-15(16)17/h3-6,11,13,20H,7-10H2,1-2H3,(H,21,25)/t13-/m0/s1. The summed E-state index contributed by atoms with van der Waals surface area (Å²) < 4.78 is 10.2. The first-order valence-electron chi connectivity index (χ1n) is 8.59. The Balaban J connectivity index is 1.74. The summed E-state index contributed by atoms with van der Waals surface area (Å²) in [6, 6.07) is 6.41. The lowest BCUT2D eigenvalue weighted by atomic mass is 10.1. The number of hydrogen-bond acceptors (Lipinski definition) is 6. The lowest BCUT2D eigenvalue weighted by Gasteiger charge is -2.13. The van der Waals surface area contributed by atoms with Crippen molar-refractivity contribution in [1.82, 2.24) is 10.3 Å². The van der Waals surface area contributed by atoms with Crippen LogP contribution in [0.4, 0.5) is 4.79 Å². The molecule has 0 fully saturated rings. The third kappa shape index (κ3) is 6.25. The topological polar surface area (TPSA) is 115 Å². The number of H-pyrrole nitrogens is 1. The number of Topliss-reactive ketones (excluding diaryl/α,β-unsaturated/α-hetero) is 2. The van der Waals surface area contributed by atoms with Crippen molar-refractivity contribution in [2.45, 2.75) is 39.2 Å². The highest BCUT2D eigenvalue weighted by Crippen LogP contribution is 2.25. The average Bonchev–Trinajstić information content (AvgIpc) is 3.03. The van der Waals surface area contributed by atoms with E-state index in [4.69, 9.17) is 9.47 Å². The maximum Gasteiger partial charge on any atom is 0.407 e. The molecule has 1 aromatic carbocycles. The Morgan fingerprint density at radius 2 is 1.85 bits per heavy atom. The van der Waals surface area contributed by atoms with E-state index in [1.807, 2.05) is 24.3 Å². The zero-order valence-corrected chi connectivity index (χ0v) is 15.2. The number of aromatic nitrogens is 1. The molecule has 1 heterocycles. The van der Waals surface area contributed by atoms with Gasteiger partial charge in [0.25, 0.3) is 0 Å². The summed E-state index contributed by atoms with van der Waals surface area (Å²) in [6.07, 6.45) is 1.09. The van der Waals surface area contributed by atoms with Gasteiger partial charge in [-0.15, -0.1) is 0 Å². The highest BCUT2D eigenvalue weighted by molar-refractivity contribution is 5.90. The van der Waals surface area contributed by atoms with Gasteiger partial charge in [0.05, 0.1) is 0 Å². The second-order valence-corrected chi connectivity index (χ2v) is 6.11. The Morgan fingerprint density at radius 1 is 1.11 bits per heavy atom. The van der Waals surface area contributed by atoms with Gasteiger partial charge in [0.1, 0.15) is 24.2 Å². The summed E-state index contributed by atoms with van der Waals surface area (Å²) in [5, 5.41) is 3.11. The minimum Gasteiger partial charge on any atom is -0.449 e. The smallest absolute Gasteiger partial charge is 0.407 e. The van der Waals surface area contributed by atoms with Gasteiger partial charge in [0.2, 0.25) is 0 Å². The van der Waals surface area contributed by atoms with E-state index in [2.05, 4.69) is 10.3 Å². The predicted octanol–water partition coefficient (Wildman–Crippen LogP) is 2.52. The number of aromatic amines is 1. The van der Waals surface area contributed by atoms with Gasteiger partial charge in [0, 0.05) is 36.4 Å². The van der Waals surface area contributed by atoms with Crippen LogP contribution in [-0.2, 0) is 19.1 Å². The number of ketones is 2. The molecule has 0 saturated carbocycles. The third-order valence-corrected chi connectivity index (χ3v) is 3.82. The van der Waals surface area contributed by atoms with Gasteiger partial charge in [0.15, 0.2) is 5.75 Å². The molecule has 0 radical (unpaired) electrons. The van der Waals surface area contributed by atoms with Crippen molar-refractivity contribution in [1.29, 1.82) is 0 Å². The van der Waals surface area contributed by atoms with Crippen LogP contribution in [0.2, 0.25) is 0 Å². The van der Waals surface area contributed by atoms with E-state index in [-0.39, 0.29) is 37.4 Å². The van der Waals surface area contributed by atoms with Crippen LogP contribution in [0.3, 0.4) is 0 Å². The number of carbonyl (C=O) groups excluding carboxylic acids is 4. The molecule has 2 aromatic rings. The Labute approximate surface area is 156 Å². The van der Waals surface area contributed by atoms with Crippen LogP contribution in [0, 0.1) is 0 Å². The lowest BCUT2D eigenvalue weighted by molar-refractivity contribution is -0.136. The number of carbonyl (C=O) groups is 4. The van der Waals surface area contributed by atoms with Crippen LogP contribution in [0.15, 0.2) is 30.5 Å². The van der Waals surface area contributed by atoms with Crippen molar-refractivity contribution in [3.63, 3.8) is 0 Å². The minimum atomic E-state index is -0.931. The average molecular weight is 374 g/mol. The minimum absolute atomic E-state index is 0.0227. The van der Waals surface area contributed by atoms with Crippen molar-refractivity contribution < 1.29 is 28.7 Å². The van der Waals surface area contributed by atoms with E-state index < -0.39 is 18.1 Å². The van der Waals surface area contributed by atoms with E-state index in [9.17, 15) is 19.2 Å².